The van der Waals surface area contributed by atoms with Gasteiger partial charge in [-0.25, -0.2) is 0 Å². The molecular weight excluding hydrogens is 427 g/mol. The van der Waals surface area contributed by atoms with E-state index in [0.717, 1.165) is 5.56 Å². The molecule has 0 atom stereocenters. The van der Waals surface area contributed by atoms with Gasteiger partial charge in [0.2, 0.25) is 11.2 Å². The number of methoxy groups -OCH3 is 1. The van der Waals surface area contributed by atoms with Crippen LogP contribution in [-0.4, -0.2) is 7.11 Å². The Kier molecular flexibility index (Phi) is 5.84. The second-order valence-electron chi connectivity index (χ2n) is 6.38. The Morgan fingerprint density at radius 2 is 1.70 bits per heavy atom. The Morgan fingerprint density at radius 1 is 0.900 bits per heavy atom. The summed E-state index contributed by atoms with van der Waals surface area (Å²) in [5, 5.41) is 1.33. The van der Waals surface area contributed by atoms with Gasteiger partial charge in [-0.15, -0.1) is 0 Å². The van der Waals surface area contributed by atoms with Crippen LogP contribution in [0.5, 0.6) is 23.0 Å². The number of halogens is 2. The number of rotatable bonds is 6. The lowest BCUT2D eigenvalue weighted by Gasteiger charge is -2.10. The molecule has 152 valence electrons. The quantitative estimate of drug-likeness (QED) is 0.341. The van der Waals surface area contributed by atoms with Crippen LogP contribution in [0.25, 0.3) is 11.0 Å². The summed E-state index contributed by atoms with van der Waals surface area (Å²) < 4.78 is 22.4. The molecule has 3 aromatic carbocycles. The molecule has 0 unspecified atom stereocenters. The highest BCUT2D eigenvalue weighted by Crippen LogP contribution is 2.31. The third-order valence-corrected chi connectivity index (χ3v) is 5.13. The van der Waals surface area contributed by atoms with Gasteiger partial charge in [0, 0.05) is 6.07 Å². The van der Waals surface area contributed by atoms with Gasteiger partial charge in [0.25, 0.3) is 0 Å². The largest absolute Gasteiger partial charge is 0.493 e. The molecule has 0 aliphatic heterocycles. The maximum atomic E-state index is 12.8. The highest BCUT2D eigenvalue weighted by Gasteiger charge is 2.12. The average molecular weight is 443 g/mol. The first-order valence-electron chi connectivity index (χ1n) is 8.98. The Balaban J connectivity index is 1.56. The van der Waals surface area contributed by atoms with Crippen molar-refractivity contribution in [2.24, 2.45) is 0 Å². The van der Waals surface area contributed by atoms with Gasteiger partial charge >= 0.3 is 0 Å². The molecule has 4 aromatic rings. The van der Waals surface area contributed by atoms with Gasteiger partial charge in [-0.1, -0.05) is 41.4 Å². The van der Waals surface area contributed by atoms with Gasteiger partial charge in [-0.05, 0) is 42.0 Å². The van der Waals surface area contributed by atoms with E-state index in [-0.39, 0.29) is 11.2 Å². The standard InChI is InChI=1S/C23H16Cl2O5/c1-27-19-4-2-3-5-20(19)30-22-13-29-21-11-15(7-8-16(21)23(22)26)28-12-14-6-9-17(24)18(25)10-14/h2-11,13H,12H2,1H3. The van der Waals surface area contributed by atoms with Crippen LogP contribution in [0.15, 0.2) is 76.1 Å². The van der Waals surface area contributed by atoms with Gasteiger partial charge in [0.1, 0.15) is 24.2 Å². The van der Waals surface area contributed by atoms with Gasteiger partial charge in [-0.2, -0.15) is 0 Å². The minimum Gasteiger partial charge on any atom is -0.493 e. The number of fused-ring (bicyclic) bond motifs is 1. The van der Waals surface area contributed by atoms with E-state index >= 15 is 0 Å². The van der Waals surface area contributed by atoms with E-state index in [0.29, 0.717) is 44.9 Å². The van der Waals surface area contributed by atoms with E-state index in [2.05, 4.69) is 0 Å². The molecule has 4 rings (SSSR count). The fraction of sp³-hybridized carbons (Fsp3) is 0.0870. The molecular formula is C23H16Cl2O5. The van der Waals surface area contributed by atoms with Crippen molar-refractivity contribution >= 4 is 34.2 Å². The molecule has 0 fully saturated rings. The van der Waals surface area contributed by atoms with Gasteiger partial charge < -0.3 is 18.6 Å². The van der Waals surface area contributed by atoms with Crippen LogP contribution >= 0.6 is 23.2 Å². The Morgan fingerprint density at radius 3 is 2.47 bits per heavy atom. The van der Waals surface area contributed by atoms with Crippen LogP contribution in [0.2, 0.25) is 10.0 Å². The summed E-state index contributed by atoms with van der Waals surface area (Å²) in [6, 6.07) is 17.3. The Hall–Kier alpha value is -3.15. The van der Waals surface area contributed by atoms with E-state index < -0.39 is 0 Å². The zero-order chi connectivity index (χ0) is 21.1. The zero-order valence-electron chi connectivity index (χ0n) is 15.9. The van der Waals surface area contributed by atoms with Crippen molar-refractivity contribution in [1.82, 2.24) is 0 Å². The second-order valence-corrected chi connectivity index (χ2v) is 7.19. The first kappa shape index (κ1) is 20.1. The van der Waals surface area contributed by atoms with Gasteiger partial charge in [0.05, 0.1) is 22.5 Å². The smallest absolute Gasteiger partial charge is 0.235 e. The highest BCUT2D eigenvalue weighted by molar-refractivity contribution is 6.42. The zero-order valence-corrected chi connectivity index (χ0v) is 17.4. The molecule has 1 heterocycles. The first-order chi connectivity index (χ1) is 14.5. The number of hydrogen-bond acceptors (Lipinski definition) is 5. The summed E-state index contributed by atoms with van der Waals surface area (Å²) in [7, 11) is 1.53. The van der Waals surface area contributed by atoms with E-state index in [1.54, 1.807) is 48.5 Å². The third-order valence-electron chi connectivity index (χ3n) is 4.39. The molecule has 0 spiro atoms. The summed E-state index contributed by atoms with van der Waals surface area (Å²) in [6.07, 6.45) is 1.28. The topological polar surface area (TPSA) is 57.9 Å². The Bertz CT molecular complexity index is 1270. The van der Waals surface area contributed by atoms with E-state index in [9.17, 15) is 4.79 Å². The third kappa shape index (κ3) is 4.22. The van der Waals surface area contributed by atoms with Crippen molar-refractivity contribution in [1.29, 1.82) is 0 Å². The molecule has 7 heteroatoms. The molecule has 0 amide bonds. The molecule has 1 aromatic heterocycles. The van der Waals surface area contributed by atoms with Crippen molar-refractivity contribution in [3.8, 4) is 23.0 Å². The maximum Gasteiger partial charge on any atom is 0.235 e. The van der Waals surface area contributed by atoms with E-state index in [1.807, 2.05) is 12.1 Å². The van der Waals surface area contributed by atoms with Crippen LogP contribution in [-0.2, 0) is 6.61 Å². The first-order valence-corrected chi connectivity index (χ1v) is 9.74. The number of para-hydroxylation sites is 2. The number of benzene rings is 3. The van der Waals surface area contributed by atoms with Crippen LogP contribution in [0, 0.1) is 0 Å². The van der Waals surface area contributed by atoms with Crippen molar-refractivity contribution in [3.63, 3.8) is 0 Å². The lowest BCUT2D eigenvalue weighted by Crippen LogP contribution is -2.05. The van der Waals surface area contributed by atoms with E-state index in [1.165, 1.54) is 13.4 Å². The van der Waals surface area contributed by atoms with E-state index in [4.69, 9.17) is 41.8 Å². The molecule has 0 N–H and O–H groups in total. The number of hydrogen-bond donors (Lipinski definition) is 0. The summed E-state index contributed by atoms with van der Waals surface area (Å²) in [6.45, 7) is 0.293. The highest BCUT2D eigenvalue weighted by atomic mass is 35.5. The fourth-order valence-electron chi connectivity index (χ4n) is 2.87. The monoisotopic (exact) mass is 442 g/mol. The molecule has 0 saturated heterocycles. The average Bonchev–Trinajstić information content (AvgIpc) is 2.77. The van der Waals surface area contributed by atoms with Crippen molar-refractivity contribution < 1.29 is 18.6 Å². The Labute approximate surface area is 182 Å². The van der Waals surface area contributed by atoms with Crippen molar-refractivity contribution in [3.05, 3.63) is 92.8 Å². The molecule has 0 aliphatic rings. The molecule has 0 saturated carbocycles. The molecule has 0 bridgehead atoms. The second kappa shape index (κ2) is 8.69. The fourth-order valence-corrected chi connectivity index (χ4v) is 3.19. The van der Waals surface area contributed by atoms with Gasteiger partial charge in [-0.3, -0.25) is 4.79 Å². The SMILES string of the molecule is COc1ccccc1Oc1coc2cc(OCc3ccc(Cl)c(Cl)c3)ccc2c1=O. The number of ether oxygens (including phenoxy) is 3. The van der Waals surface area contributed by atoms with Crippen LogP contribution < -0.4 is 19.6 Å². The molecule has 0 aliphatic carbocycles. The van der Waals surface area contributed by atoms with Crippen LogP contribution in [0.4, 0.5) is 0 Å². The lowest BCUT2D eigenvalue weighted by molar-refractivity contribution is 0.306. The predicted molar refractivity (Wildman–Crippen MR) is 116 cm³/mol. The van der Waals surface area contributed by atoms with Crippen molar-refractivity contribution in [2.75, 3.05) is 7.11 Å². The molecule has 5 nitrogen and oxygen atoms in total. The minimum atomic E-state index is -0.293. The summed E-state index contributed by atoms with van der Waals surface area (Å²) in [4.78, 5) is 12.8. The maximum absolute atomic E-state index is 12.8. The summed E-state index contributed by atoms with van der Waals surface area (Å²) in [5.41, 5.74) is 0.962. The van der Waals surface area contributed by atoms with Crippen LogP contribution in [0.3, 0.4) is 0 Å². The lowest BCUT2D eigenvalue weighted by atomic mass is 10.2. The summed E-state index contributed by atoms with van der Waals surface area (Å²) in [5.74, 6) is 1.56. The van der Waals surface area contributed by atoms with Crippen molar-refractivity contribution in [2.45, 2.75) is 6.61 Å². The molecule has 30 heavy (non-hydrogen) atoms. The predicted octanol–water partition coefficient (Wildman–Crippen LogP) is 6.48. The van der Waals surface area contributed by atoms with Gasteiger partial charge in [0.15, 0.2) is 11.5 Å². The normalized spacial score (nSPS) is 10.8. The van der Waals surface area contributed by atoms with Crippen LogP contribution in [0.1, 0.15) is 5.56 Å². The molecule has 0 radical (unpaired) electrons. The minimum absolute atomic E-state index is 0.0662. The summed E-state index contributed by atoms with van der Waals surface area (Å²) >= 11 is 12.0.